The fourth-order valence-electron chi connectivity index (χ4n) is 2.51. The topological polar surface area (TPSA) is 75.6 Å². The van der Waals surface area contributed by atoms with E-state index in [-0.39, 0.29) is 18.4 Å². The first-order chi connectivity index (χ1) is 9.90. The van der Waals surface area contributed by atoms with Crippen LogP contribution in [0.5, 0.6) is 5.75 Å². The number of rotatable bonds is 6. The summed E-state index contributed by atoms with van der Waals surface area (Å²) < 4.78 is 5.53. The van der Waals surface area contributed by atoms with E-state index in [4.69, 9.17) is 9.84 Å². The van der Waals surface area contributed by atoms with E-state index >= 15 is 0 Å². The third-order valence-electron chi connectivity index (χ3n) is 3.67. The zero-order chi connectivity index (χ0) is 15.5. The van der Waals surface area contributed by atoms with Gasteiger partial charge in [0.25, 0.3) is 5.91 Å². The van der Waals surface area contributed by atoms with Crippen LogP contribution in [0.4, 0.5) is 0 Å². The SMILES string of the molecule is CC(C)Oc1ccc(C(=O)NC2(CC(=O)O)CCC2)cc1. The number of nitrogens with one attached hydrogen (secondary N) is 1. The lowest BCUT2D eigenvalue weighted by Gasteiger charge is -2.41. The summed E-state index contributed by atoms with van der Waals surface area (Å²) in [6.45, 7) is 3.87. The minimum Gasteiger partial charge on any atom is -0.491 e. The van der Waals surface area contributed by atoms with Gasteiger partial charge in [0.1, 0.15) is 5.75 Å². The molecule has 1 saturated carbocycles. The Hall–Kier alpha value is -2.04. The second-order valence-electron chi connectivity index (χ2n) is 5.85. The highest BCUT2D eigenvalue weighted by atomic mass is 16.5. The van der Waals surface area contributed by atoms with E-state index in [9.17, 15) is 9.59 Å². The van der Waals surface area contributed by atoms with Gasteiger partial charge in [-0.2, -0.15) is 0 Å². The molecule has 1 aromatic rings. The van der Waals surface area contributed by atoms with Gasteiger partial charge in [0.05, 0.1) is 18.1 Å². The Morgan fingerprint density at radius 3 is 2.33 bits per heavy atom. The summed E-state index contributed by atoms with van der Waals surface area (Å²) in [5.41, 5.74) is -0.0569. The van der Waals surface area contributed by atoms with Crippen LogP contribution in [0.25, 0.3) is 0 Å². The van der Waals surface area contributed by atoms with Crippen molar-refractivity contribution in [3.63, 3.8) is 0 Å². The van der Waals surface area contributed by atoms with Crippen molar-refractivity contribution < 1.29 is 19.4 Å². The van der Waals surface area contributed by atoms with E-state index in [1.54, 1.807) is 24.3 Å². The molecule has 1 amide bonds. The van der Waals surface area contributed by atoms with Crippen molar-refractivity contribution in [2.45, 2.75) is 51.2 Å². The van der Waals surface area contributed by atoms with Crippen molar-refractivity contribution in [1.82, 2.24) is 5.32 Å². The van der Waals surface area contributed by atoms with Crippen LogP contribution in [0.2, 0.25) is 0 Å². The summed E-state index contributed by atoms with van der Waals surface area (Å²) in [7, 11) is 0. The molecule has 0 saturated heterocycles. The van der Waals surface area contributed by atoms with E-state index in [1.807, 2.05) is 13.8 Å². The highest BCUT2D eigenvalue weighted by Crippen LogP contribution is 2.35. The van der Waals surface area contributed by atoms with Gasteiger partial charge in [-0.15, -0.1) is 0 Å². The first-order valence-corrected chi connectivity index (χ1v) is 7.21. The van der Waals surface area contributed by atoms with E-state index < -0.39 is 11.5 Å². The van der Waals surface area contributed by atoms with Crippen LogP contribution in [0.1, 0.15) is 49.9 Å². The number of carbonyl (C=O) groups excluding carboxylic acids is 1. The number of benzene rings is 1. The summed E-state index contributed by atoms with van der Waals surface area (Å²) in [5, 5.41) is 11.8. The number of carbonyl (C=O) groups is 2. The Balaban J connectivity index is 2.01. The van der Waals surface area contributed by atoms with Gasteiger partial charge in [-0.3, -0.25) is 9.59 Å². The molecule has 2 N–H and O–H groups in total. The summed E-state index contributed by atoms with van der Waals surface area (Å²) in [6, 6.07) is 6.89. The molecule has 1 fully saturated rings. The fraction of sp³-hybridized carbons (Fsp3) is 0.500. The second-order valence-corrected chi connectivity index (χ2v) is 5.85. The Bertz CT molecular complexity index is 518. The molecule has 2 rings (SSSR count). The highest BCUT2D eigenvalue weighted by Gasteiger charge is 2.40. The number of carboxylic acid groups (broad SMARTS) is 1. The normalized spacial score (nSPS) is 16.1. The van der Waals surface area contributed by atoms with Crippen LogP contribution in [0, 0.1) is 0 Å². The Morgan fingerprint density at radius 1 is 1.29 bits per heavy atom. The molecule has 21 heavy (non-hydrogen) atoms. The van der Waals surface area contributed by atoms with Gasteiger partial charge >= 0.3 is 5.97 Å². The molecule has 0 radical (unpaired) electrons. The highest BCUT2D eigenvalue weighted by molar-refractivity contribution is 5.95. The zero-order valence-electron chi connectivity index (χ0n) is 12.4. The number of ether oxygens (including phenoxy) is 1. The van der Waals surface area contributed by atoms with Gasteiger partial charge in [0, 0.05) is 5.56 Å². The standard InChI is InChI=1S/C16H21NO4/c1-11(2)21-13-6-4-12(5-7-13)15(20)17-16(8-3-9-16)10-14(18)19/h4-7,11H,3,8-10H2,1-2H3,(H,17,20)(H,18,19). The lowest BCUT2D eigenvalue weighted by atomic mass is 9.74. The maximum Gasteiger partial charge on any atom is 0.305 e. The van der Waals surface area contributed by atoms with Gasteiger partial charge < -0.3 is 15.2 Å². The number of hydrogen-bond donors (Lipinski definition) is 2. The second kappa shape index (κ2) is 6.16. The van der Waals surface area contributed by atoms with Crippen molar-refractivity contribution in [2.24, 2.45) is 0 Å². The van der Waals surface area contributed by atoms with E-state index in [2.05, 4.69) is 5.32 Å². The molecule has 114 valence electrons. The smallest absolute Gasteiger partial charge is 0.305 e. The Kier molecular flexibility index (Phi) is 4.50. The lowest BCUT2D eigenvalue weighted by molar-refractivity contribution is -0.139. The van der Waals surface area contributed by atoms with Crippen molar-refractivity contribution in [3.8, 4) is 5.75 Å². The summed E-state index contributed by atoms with van der Waals surface area (Å²) in [4.78, 5) is 23.1. The minimum absolute atomic E-state index is 0.0206. The van der Waals surface area contributed by atoms with Gasteiger partial charge in [0.2, 0.25) is 0 Å². The van der Waals surface area contributed by atoms with Crippen LogP contribution in [-0.4, -0.2) is 28.6 Å². The molecule has 0 atom stereocenters. The quantitative estimate of drug-likeness (QED) is 0.844. The van der Waals surface area contributed by atoms with E-state index in [0.29, 0.717) is 11.3 Å². The minimum atomic E-state index is -0.879. The molecular weight excluding hydrogens is 270 g/mol. The van der Waals surface area contributed by atoms with Crippen molar-refractivity contribution in [3.05, 3.63) is 29.8 Å². The molecule has 5 nitrogen and oxygen atoms in total. The maximum absolute atomic E-state index is 12.2. The predicted octanol–water partition coefficient (Wildman–Crippen LogP) is 2.60. The van der Waals surface area contributed by atoms with E-state index in [0.717, 1.165) is 19.3 Å². The monoisotopic (exact) mass is 291 g/mol. The lowest BCUT2D eigenvalue weighted by Crippen LogP contribution is -2.54. The van der Waals surface area contributed by atoms with Crippen molar-refractivity contribution in [2.75, 3.05) is 0 Å². The average Bonchev–Trinajstić information content (AvgIpc) is 2.35. The van der Waals surface area contributed by atoms with Gasteiger partial charge in [-0.05, 0) is 57.4 Å². The number of amides is 1. The molecule has 1 aliphatic rings. The van der Waals surface area contributed by atoms with Crippen molar-refractivity contribution in [1.29, 1.82) is 0 Å². The molecule has 0 heterocycles. The van der Waals surface area contributed by atoms with Gasteiger partial charge in [-0.25, -0.2) is 0 Å². The molecule has 0 aliphatic heterocycles. The summed E-state index contributed by atoms with van der Waals surface area (Å²) in [5.74, 6) is -0.395. The van der Waals surface area contributed by atoms with Gasteiger partial charge in [-0.1, -0.05) is 0 Å². The number of aliphatic carboxylic acids is 1. The number of hydrogen-bond acceptors (Lipinski definition) is 3. The van der Waals surface area contributed by atoms with Crippen LogP contribution >= 0.6 is 0 Å². The third kappa shape index (κ3) is 3.97. The molecule has 0 aromatic heterocycles. The molecule has 0 unspecified atom stereocenters. The first kappa shape index (κ1) is 15.4. The first-order valence-electron chi connectivity index (χ1n) is 7.21. The van der Waals surface area contributed by atoms with Crippen LogP contribution in [-0.2, 0) is 4.79 Å². The molecule has 0 spiro atoms. The largest absolute Gasteiger partial charge is 0.491 e. The zero-order valence-corrected chi connectivity index (χ0v) is 12.4. The predicted molar refractivity (Wildman–Crippen MR) is 78.5 cm³/mol. The summed E-state index contributed by atoms with van der Waals surface area (Å²) in [6.07, 6.45) is 2.46. The summed E-state index contributed by atoms with van der Waals surface area (Å²) >= 11 is 0. The molecule has 0 bridgehead atoms. The number of carboxylic acids is 1. The molecule has 1 aromatic carbocycles. The van der Waals surface area contributed by atoms with E-state index in [1.165, 1.54) is 0 Å². The average molecular weight is 291 g/mol. The molecule has 5 heteroatoms. The van der Waals surface area contributed by atoms with Crippen LogP contribution < -0.4 is 10.1 Å². The van der Waals surface area contributed by atoms with Gasteiger partial charge in [0.15, 0.2) is 0 Å². The maximum atomic E-state index is 12.2. The Labute approximate surface area is 124 Å². The molecular formula is C16H21NO4. The Morgan fingerprint density at radius 2 is 1.90 bits per heavy atom. The van der Waals surface area contributed by atoms with Crippen LogP contribution in [0.15, 0.2) is 24.3 Å². The van der Waals surface area contributed by atoms with Crippen molar-refractivity contribution >= 4 is 11.9 Å². The third-order valence-corrected chi connectivity index (χ3v) is 3.67. The molecule has 1 aliphatic carbocycles. The van der Waals surface area contributed by atoms with Crippen LogP contribution in [0.3, 0.4) is 0 Å². The fourth-order valence-corrected chi connectivity index (χ4v) is 2.51.